The molecule has 1 aliphatic heterocycles. The summed E-state index contributed by atoms with van der Waals surface area (Å²) >= 11 is 0. The zero-order valence-corrected chi connectivity index (χ0v) is 17.0. The normalized spacial score (nSPS) is 18.4. The van der Waals surface area contributed by atoms with Crippen LogP contribution >= 0.6 is 0 Å². The van der Waals surface area contributed by atoms with Crippen molar-refractivity contribution in [1.29, 1.82) is 5.26 Å². The SMILES string of the molecule is CC1=NC(C)=C(C(=O)OCC(F)(F)F)C(c2cccc([N+](=O)[O-])c2)C1C(=O)OCCC#N. The maximum atomic E-state index is 12.8. The van der Waals surface area contributed by atoms with Gasteiger partial charge in [-0.15, -0.1) is 0 Å². The number of nitriles is 1. The summed E-state index contributed by atoms with van der Waals surface area (Å²) in [6, 6.07) is 6.81. The van der Waals surface area contributed by atoms with Gasteiger partial charge >= 0.3 is 18.1 Å². The van der Waals surface area contributed by atoms with Crippen molar-refractivity contribution in [3.8, 4) is 6.07 Å². The number of non-ortho nitro benzene ring substituents is 1. The Bertz CT molecular complexity index is 1030. The molecule has 2 atom stereocenters. The predicted molar refractivity (Wildman–Crippen MR) is 103 cm³/mol. The minimum atomic E-state index is -4.78. The van der Waals surface area contributed by atoms with E-state index in [-0.39, 0.29) is 41.3 Å². The number of halogens is 3. The van der Waals surface area contributed by atoms with Crippen molar-refractivity contribution in [2.45, 2.75) is 32.4 Å². The molecule has 0 amide bonds. The summed E-state index contributed by atoms with van der Waals surface area (Å²) in [7, 11) is 0. The van der Waals surface area contributed by atoms with Crippen molar-refractivity contribution in [2.75, 3.05) is 13.2 Å². The number of nitro benzene ring substituents is 1. The minimum absolute atomic E-state index is 0.00672. The summed E-state index contributed by atoms with van der Waals surface area (Å²) < 4.78 is 47.2. The fraction of sp³-hybridized carbons (Fsp3) is 0.400. The number of nitrogens with zero attached hydrogens (tertiary/aromatic N) is 3. The van der Waals surface area contributed by atoms with Gasteiger partial charge < -0.3 is 9.47 Å². The van der Waals surface area contributed by atoms with Crippen LogP contribution in [0.25, 0.3) is 0 Å². The largest absolute Gasteiger partial charge is 0.464 e. The highest BCUT2D eigenvalue weighted by Gasteiger charge is 2.43. The van der Waals surface area contributed by atoms with E-state index in [4.69, 9.17) is 10.00 Å². The third kappa shape index (κ3) is 5.90. The number of benzene rings is 1. The quantitative estimate of drug-likeness (QED) is 0.267. The lowest BCUT2D eigenvalue weighted by Crippen LogP contribution is -2.37. The molecule has 1 aromatic rings. The Morgan fingerprint density at radius 2 is 1.97 bits per heavy atom. The Labute approximate surface area is 180 Å². The Kier molecular flexibility index (Phi) is 7.69. The van der Waals surface area contributed by atoms with E-state index in [2.05, 4.69) is 9.73 Å². The van der Waals surface area contributed by atoms with Crippen LogP contribution in [0, 0.1) is 27.4 Å². The number of rotatable bonds is 7. The molecule has 0 saturated heterocycles. The number of hydrogen-bond acceptors (Lipinski definition) is 8. The summed E-state index contributed by atoms with van der Waals surface area (Å²) in [6.07, 6.45) is -4.89. The Balaban J connectivity index is 2.57. The third-order valence-electron chi connectivity index (χ3n) is 4.57. The molecular weight excluding hydrogens is 435 g/mol. The summed E-state index contributed by atoms with van der Waals surface area (Å²) in [5, 5.41) is 19.9. The number of alkyl halides is 3. The van der Waals surface area contributed by atoms with Gasteiger partial charge in [0.05, 0.1) is 23.0 Å². The van der Waals surface area contributed by atoms with E-state index in [0.717, 1.165) is 6.07 Å². The fourth-order valence-electron chi connectivity index (χ4n) is 3.31. The number of carbonyl (C=O) groups excluding carboxylic acids is 2. The topological polar surface area (TPSA) is 132 Å². The first-order chi connectivity index (χ1) is 15.0. The smallest absolute Gasteiger partial charge is 0.422 e. The van der Waals surface area contributed by atoms with Crippen molar-refractivity contribution in [1.82, 2.24) is 0 Å². The van der Waals surface area contributed by atoms with Gasteiger partial charge in [0.1, 0.15) is 12.5 Å². The average Bonchev–Trinajstić information content (AvgIpc) is 2.71. The molecule has 9 nitrogen and oxygen atoms in total. The number of nitro groups is 1. The molecule has 1 aliphatic rings. The Morgan fingerprint density at radius 1 is 1.28 bits per heavy atom. The molecule has 1 aromatic carbocycles. The van der Waals surface area contributed by atoms with E-state index in [0.29, 0.717) is 0 Å². The first kappa shape index (κ1) is 24.5. The molecule has 0 fully saturated rings. The first-order valence-electron chi connectivity index (χ1n) is 9.24. The van der Waals surface area contributed by atoms with Crippen LogP contribution in [0.2, 0.25) is 0 Å². The van der Waals surface area contributed by atoms with Gasteiger partial charge in [0.15, 0.2) is 6.61 Å². The summed E-state index contributed by atoms with van der Waals surface area (Å²) in [5.41, 5.74) is -0.378. The molecule has 0 saturated carbocycles. The van der Waals surface area contributed by atoms with Gasteiger partial charge in [-0.2, -0.15) is 18.4 Å². The van der Waals surface area contributed by atoms with Crippen LogP contribution < -0.4 is 0 Å². The van der Waals surface area contributed by atoms with Crippen molar-refractivity contribution >= 4 is 23.3 Å². The molecule has 0 aromatic heterocycles. The van der Waals surface area contributed by atoms with Gasteiger partial charge in [-0.3, -0.25) is 19.9 Å². The second kappa shape index (κ2) is 10.0. The molecule has 32 heavy (non-hydrogen) atoms. The third-order valence-corrected chi connectivity index (χ3v) is 4.57. The van der Waals surface area contributed by atoms with Gasteiger partial charge in [0.2, 0.25) is 0 Å². The van der Waals surface area contributed by atoms with Crippen molar-refractivity contribution < 1.29 is 37.2 Å². The van der Waals surface area contributed by atoms with E-state index in [1.165, 1.54) is 32.0 Å². The molecule has 1 heterocycles. The van der Waals surface area contributed by atoms with Crippen LogP contribution in [-0.2, 0) is 19.1 Å². The monoisotopic (exact) mass is 453 g/mol. The molecule has 0 bridgehead atoms. The standard InChI is InChI=1S/C20H18F3N3O6/c1-11-15(18(27)31-8-4-7-24)17(13-5-3-6-14(9-13)26(29)30)16(12(2)25-11)19(28)32-10-20(21,22)23/h3,5-6,9,15,17H,4,8,10H2,1-2H3. The van der Waals surface area contributed by atoms with Crippen LogP contribution in [0.15, 0.2) is 40.5 Å². The Hall–Kier alpha value is -3.75. The fourth-order valence-corrected chi connectivity index (χ4v) is 3.31. The zero-order valence-electron chi connectivity index (χ0n) is 17.0. The Morgan fingerprint density at radius 3 is 2.56 bits per heavy atom. The minimum Gasteiger partial charge on any atom is -0.464 e. The zero-order chi connectivity index (χ0) is 24.1. The maximum absolute atomic E-state index is 12.8. The molecule has 2 unspecified atom stereocenters. The van der Waals surface area contributed by atoms with Crippen LogP contribution in [0.4, 0.5) is 18.9 Å². The molecule has 2 rings (SSSR count). The van der Waals surface area contributed by atoms with Crippen LogP contribution in [-0.4, -0.2) is 42.0 Å². The highest BCUT2D eigenvalue weighted by molar-refractivity contribution is 6.07. The molecule has 0 radical (unpaired) electrons. The van der Waals surface area contributed by atoms with Crippen LogP contribution in [0.5, 0.6) is 0 Å². The lowest BCUT2D eigenvalue weighted by Gasteiger charge is -2.31. The van der Waals surface area contributed by atoms with Crippen molar-refractivity contribution in [3.63, 3.8) is 0 Å². The molecule has 0 N–H and O–H groups in total. The number of allylic oxidation sites excluding steroid dienone is 1. The van der Waals surface area contributed by atoms with E-state index in [1.54, 1.807) is 6.07 Å². The number of hydrogen-bond donors (Lipinski definition) is 0. The van der Waals surface area contributed by atoms with Gasteiger partial charge in [-0.05, 0) is 19.4 Å². The second-order valence-corrected chi connectivity index (χ2v) is 6.83. The van der Waals surface area contributed by atoms with Crippen LogP contribution in [0.1, 0.15) is 31.7 Å². The van der Waals surface area contributed by atoms with Crippen molar-refractivity contribution in [3.05, 3.63) is 51.2 Å². The number of esters is 2. The predicted octanol–water partition coefficient (Wildman–Crippen LogP) is 3.61. The number of ether oxygens (including phenoxy) is 2. The molecule has 12 heteroatoms. The van der Waals surface area contributed by atoms with Gasteiger partial charge in [0, 0.05) is 29.5 Å². The molecular formula is C20H18F3N3O6. The van der Waals surface area contributed by atoms with E-state index in [9.17, 15) is 32.9 Å². The van der Waals surface area contributed by atoms with Crippen LogP contribution in [0.3, 0.4) is 0 Å². The van der Waals surface area contributed by atoms with Crippen molar-refractivity contribution in [2.24, 2.45) is 10.9 Å². The maximum Gasteiger partial charge on any atom is 0.422 e. The van der Waals surface area contributed by atoms with Gasteiger partial charge in [-0.1, -0.05) is 12.1 Å². The van der Waals surface area contributed by atoms with E-state index >= 15 is 0 Å². The summed E-state index contributed by atoms with van der Waals surface area (Å²) in [5.74, 6) is -4.76. The lowest BCUT2D eigenvalue weighted by molar-refractivity contribution is -0.384. The molecule has 0 spiro atoms. The molecule has 0 aliphatic carbocycles. The number of carbonyl (C=O) groups is 2. The average molecular weight is 453 g/mol. The van der Waals surface area contributed by atoms with E-state index in [1.807, 2.05) is 0 Å². The highest BCUT2D eigenvalue weighted by atomic mass is 19.4. The molecule has 170 valence electrons. The number of aliphatic imine (C=N–C) groups is 1. The summed E-state index contributed by atoms with van der Waals surface area (Å²) in [6.45, 7) is 0.707. The first-order valence-corrected chi connectivity index (χ1v) is 9.24. The highest BCUT2D eigenvalue weighted by Crippen LogP contribution is 2.41. The van der Waals surface area contributed by atoms with E-state index < -0.39 is 41.5 Å². The summed E-state index contributed by atoms with van der Waals surface area (Å²) in [4.78, 5) is 40.0. The lowest BCUT2D eigenvalue weighted by atomic mass is 9.75. The van der Waals surface area contributed by atoms with Gasteiger partial charge in [-0.25, -0.2) is 4.79 Å². The second-order valence-electron chi connectivity index (χ2n) is 6.83. The van der Waals surface area contributed by atoms with Gasteiger partial charge in [0.25, 0.3) is 5.69 Å².